The molecule has 9 aromatic rings. The molecule has 0 spiro atoms. The molecule has 0 N–H and O–H groups in total. The molecule has 0 amide bonds. The molecule has 0 bridgehead atoms. The van der Waals surface area contributed by atoms with Crippen LogP contribution in [0.25, 0.3) is 72.2 Å². The average Bonchev–Trinajstić information content (AvgIpc) is 3.67. The van der Waals surface area contributed by atoms with Crippen molar-refractivity contribution in [2.45, 2.75) is 6.92 Å². The molecule has 204 valence electrons. The maximum atomic E-state index is 5.23. The molecule has 5 nitrogen and oxygen atoms in total. The molecule has 0 unspecified atom stereocenters. The quantitative estimate of drug-likeness (QED) is 0.180. The molecule has 43 heavy (non-hydrogen) atoms. The number of hydrogen-bond acceptors (Lipinski definition) is 2. The van der Waals surface area contributed by atoms with Gasteiger partial charge in [0.1, 0.15) is 0 Å². The van der Waals surface area contributed by atoms with Crippen LogP contribution in [0.2, 0.25) is 0 Å². The molecule has 0 atom stereocenters. The van der Waals surface area contributed by atoms with Crippen molar-refractivity contribution >= 4 is 77.8 Å². The van der Waals surface area contributed by atoms with Gasteiger partial charge in [0.2, 0.25) is 0 Å². The molecule has 6 heteroatoms. The van der Waals surface area contributed by atoms with Crippen LogP contribution in [-0.4, -0.2) is 48.2 Å². The van der Waals surface area contributed by atoms with Crippen LogP contribution >= 0.6 is 0 Å². The number of hydrogen-bond donors (Lipinski definition) is 0. The van der Waals surface area contributed by atoms with Gasteiger partial charge in [0, 0.05) is 0 Å². The van der Waals surface area contributed by atoms with E-state index in [1.807, 2.05) is 0 Å². The Morgan fingerprint density at radius 1 is 0.558 bits per heavy atom. The molecule has 0 aliphatic heterocycles. The van der Waals surface area contributed by atoms with Crippen molar-refractivity contribution in [1.82, 2.24) is 23.5 Å². The van der Waals surface area contributed by atoms with Crippen LogP contribution in [-0.2, 0) is 0 Å². The first kappa shape index (κ1) is 24.8. The number of para-hydroxylation sites is 5. The number of rotatable bonds is 3. The van der Waals surface area contributed by atoms with Gasteiger partial charge in [-0.1, -0.05) is 0 Å². The van der Waals surface area contributed by atoms with E-state index in [-0.39, 0.29) is 0 Å². The van der Waals surface area contributed by atoms with Gasteiger partial charge in [0.25, 0.3) is 0 Å². The summed E-state index contributed by atoms with van der Waals surface area (Å²) in [6.45, 7) is 2.11. The molecule has 0 saturated carbocycles. The summed E-state index contributed by atoms with van der Waals surface area (Å²) in [5, 5.41) is 2.45. The average molecular weight is 750 g/mol. The van der Waals surface area contributed by atoms with Crippen molar-refractivity contribution in [3.63, 3.8) is 0 Å². The molecule has 5 aromatic carbocycles. The van der Waals surface area contributed by atoms with Crippen LogP contribution in [0.5, 0.6) is 0 Å². The second kappa shape index (κ2) is 9.35. The number of nitrogens with zero attached hydrogens (tertiary/aromatic N) is 5. The Bertz CT molecular complexity index is 2500. The standard InChI is InChI=1S/C37H24N5.Bi.2H/c1-24-22-25(20-21-38-24)34-35-29(28-16-8-10-18-31(28)40(35)26-12-4-2-5-13-26)23-33-36(34)41(27-14-6-3-7-15-27)37-39-30-17-9-11-19-32(30)42(33)37;;;/h2-20,22-23H,1H3;;;. The molecule has 4 heterocycles. The molecule has 4 aromatic heterocycles. The van der Waals surface area contributed by atoms with Crippen molar-refractivity contribution in [1.29, 1.82) is 0 Å². The van der Waals surface area contributed by atoms with E-state index in [0.717, 1.165) is 48.3 Å². The Kier molecular flexibility index (Phi) is 5.39. The summed E-state index contributed by atoms with van der Waals surface area (Å²) >= 11 is 0.625. The first-order valence-electron chi connectivity index (χ1n) is 14.4. The van der Waals surface area contributed by atoms with Gasteiger partial charge in [0.15, 0.2) is 0 Å². The van der Waals surface area contributed by atoms with Crippen molar-refractivity contribution in [3.8, 4) is 22.5 Å². The summed E-state index contributed by atoms with van der Waals surface area (Å²) in [6.07, 6.45) is 0. The van der Waals surface area contributed by atoms with Gasteiger partial charge < -0.3 is 0 Å². The SMILES string of the molecule is Cc1cc(-c2c3c(cc4c2n(-c2ccccc2)c2nc5ccccc5n42)c2ccccc2n3-c2ccccc2)c[c]([BiH2])n1. The predicted molar refractivity (Wildman–Crippen MR) is 180 cm³/mol. The van der Waals surface area contributed by atoms with E-state index in [1.165, 1.54) is 32.9 Å². The summed E-state index contributed by atoms with van der Waals surface area (Å²) in [5.74, 6) is 0.908. The first-order chi connectivity index (χ1) is 21.2. The second-order valence-corrected chi connectivity index (χ2v) is 13.3. The Morgan fingerprint density at radius 3 is 1.95 bits per heavy atom. The van der Waals surface area contributed by atoms with Crippen molar-refractivity contribution in [3.05, 3.63) is 133 Å². The molecule has 0 aliphatic rings. The number of pyridine rings is 1. The predicted octanol–water partition coefficient (Wildman–Crippen LogP) is 7.16. The normalized spacial score (nSPS) is 12.0. The minimum atomic E-state index is 0.625. The topological polar surface area (TPSA) is 40.0 Å². The van der Waals surface area contributed by atoms with E-state index in [1.54, 1.807) is 0 Å². The van der Waals surface area contributed by atoms with Crippen LogP contribution < -0.4 is 3.40 Å². The van der Waals surface area contributed by atoms with Gasteiger partial charge in [0.05, 0.1) is 0 Å². The number of aromatic nitrogens is 5. The molecular weight excluding hydrogens is 723 g/mol. The zero-order valence-corrected chi connectivity index (χ0v) is 27.9. The molecule has 9 rings (SSSR count). The van der Waals surface area contributed by atoms with Gasteiger partial charge in [-0.25, -0.2) is 0 Å². The maximum absolute atomic E-state index is 5.23. The van der Waals surface area contributed by atoms with E-state index in [2.05, 4.69) is 148 Å². The van der Waals surface area contributed by atoms with Crippen LogP contribution in [0.4, 0.5) is 0 Å². The van der Waals surface area contributed by atoms with Crippen LogP contribution in [0, 0.1) is 6.92 Å². The Balaban J connectivity index is 1.63. The molecular formula is C37H26BiN5. The van der Waals surface area contributed by atoms with Crippen molar-refractivity contribution < 1.29 is 0 Å². The van der Waals surface area contributed by atoms with Crippen LogP contribution in [0.1, 0.15) is 5.69 Å². The van der Waals surface area contributed by atoms with Crippen molar-refractivity contribution in [2.75, 3.05) is 0 Å². The van der Waals surface area contributed by atoms with E-state index in [4.69, 9.17) is 9.97 Å². The summed E-state index contributed by atoms with van der Waals surface area (Å²) in [6, 6.07) is 45.5. The fourth-order valence-corrected chi connectivity index (χ4v) is 8.27. The Labute approximate surface area is 262 Å². The van der Waals surface area contributed by atoms with Gasteiger partial charge in [-0.3, -0.25) is 0 Å². The van der Waals surface area contributed by atoms with Gasteiger partial charge >= 0.3 is 264 Å². The molecule has 0 fully saturated rings. The van der Waals surface area contributed by atoms with Gasteiger partial charge in [-0.15, -0.1) is 0 Å². The third-order valence-corrected chi connectivity index (χ3v) is 9.56. The second-order valence-electron chi connectivity index (χ2n) is 11.0. The molecule has 0 aliphatic carbocycles. The number of fused-ring (bicyclic) bond motifs is 8. The molecule has 0 saturated heterocycles. The third-order valence-electron chi connectivity index (χ3n) is 8.41. The van der Waals surface area contributed by atoms with E-state index in [9.17, 15) is 0 Å². The minimum absolute atomic E-state index is 0.625. The first-order valence-corrected chi connectivity index (χ1v) is 16.6. The summed E-state index contributed by atoms with van der Waals surface area (Å²) in [4.78, 5) is 10.1. The summed E-state index contributed by atoms with van der Waals surface area (Å²) in [7, 11) is 0. The number of aryl methyl sites for hydroxylation is 1. The zero-order valence-electron chi connectivity index (χ0n) is 23.4. The fourth-order valence-electron chi connectivity index (χ4n) is 6.78. The van der Waals surface area contributed by atoms with Crippen LogP contribution in [0.15, 0.2) is 127 Å². The Morgan fingerprint density at radius 2 is 1.21 bits per heavy atom. The fraction of sp³-hybridized carbons (Fsp3) is 0.0270. The van der Waals surface area contributed by atoms with Gasteiger partial charge in [-0.05, 0) is 0 Å². The summed E-state index contributed by atoms with van der Waals surface area (Å²) in [5.41, 5.74) is 12.4. The van der Waals surface area contributed by atoms with E-state index < -0.39 is 0 Å². The zero-order chi connectivity index (χ0) is 28.7. The van der Waals surface area contributed by atoms with Gasteiger partial charge in [-0.2, -0.15) is 0 Å². The Hall–Kier alpha value is -4.80. The van der Waals surface area contributed by atoms with E-state index in [0.29, 0.717) is 24.7 Å². The number of imidazole rings is 2. The monoisotopic (exact) mass is 749 g/mol. The van der Waals surface area contributed by atoms with Crippen LogP contribution in [0.3, 0.4) is 0 Å². The third kappa shape index (κ3) is 3.60. The van der Waals surface area contributed by atoms with E-state index >= 15 is 0 Å². The number of benzene rings is 5. The molecule has 0 radical (unpaired) electrons. The summed E-state index contributed by atoms with van der Waals surface area (Å²) < 4.78 is 8.29. The van der Waals surface area contributed by atoms with Crippen molar-refractivity contribution in [2.24, 2.45) is 0 Å².